The van der Waals surface area contributed by atoms with Crippen molar-refractivity contribution in [2.24, 2.45) is 0 Å². The second-order valence-corrected chi connectivity index (χ2v) is 3.99. The molecule has 1 saturated carbocycles. The van der Waals surface area contributed by atoms with Crippen molar-refractivity contribution in [3.05, 3.63) is 11.6 Å². The molecule has 2 heteroatoms. The molecule has 1 rings (SSSR count). The Balaban J connectivity index is 2.32. The Bertz CT molecular complexity index is 212. The topological polar surface area (TPSA) is 26.3 Å². The van der Waals surface area contributed by atoms with Gasteiger partial charge in [-0.05, 0) is 39.0 Å². The maximum Gasteiger partial charge on any atom is 0.333 e. The lowest BCUT2D eigenvalue weighted by Gasteiger charge is -2.11. The number of rotatable bonds is 4. The molecule has 14 heavy (non-hydrogen) atoms. The van der Waals surface area contributed by atoms with Crippen LogP contribution in [-0.2, 0) is 9.53 Å². The Morgan fingerprint density at radius 1 is 1.43 bits per heavy atom. The molecule has 0 aromatic rings. The van der Waals surface area contributed by atoms with E-state index >= 15 is 0 Å². The molecular weight excluding hydrogens is 176 g/mol. The molecule has 0 aromatic carbocycles. The second kappa shape index (κ2) is 5.84. The number of ether oxygens (including phenoxy) is 1. The van der Waals surface area contributed by atoms with Gasteiger partial charge >= 0.3 is 5.97 Å². The Kier molecular flexibility index (Phi) is 4.71. The first-order valence-corrected chi connectivity index (χ1v) is 5.61. The Labute approximate surface area is 86.3 Å². The van der Waals surface area contributed by atoms with Crippen molar-refractivity contribution in [2.75, 3.05) is 0 Å². The molecule has 0 heterocycles. The fourth-order valence-corrected chi connectivity index (χ4v) is 1.69. The summed E-state index contributed by atoms with van der Waals surface area (Å²) in [7, 11) is 0. The molecule has 0 spiro atoms. The minimum atomic E-state index is -0.120. The van der Waals surface area contributed by atoms with E-state index in [4.69, 9.17) is 4.74 Å². The standard InChI is InChI=1S/C12H20O2/c1-3-4-7-10(2)12(13)14-11-8-5-6-9-11/h7,11H,3-6,8-9H2,1-2H3. The third-order valence-corrected chi connectivity index (χ3v) is 2.64. The summed E-state index contributed by atoms with van der Waals surface area (Å²) in [5.41, 5.74) is 0.763. The zero-order valence-corrected chi connectivity index (χ0v) is 9.21. The summed E-state index contributed by atoms with van der Waals surface area (Å²) in [5.74, 6) is -0.120. The highest BCUT2D eigenvalue weighted by molar-refractivity contribution is 5.87. The van der Waals surface area contributed by atoms with Crippen LogP contribution < -0.4 is 0 Å². The molecule has 1 aliphatic rings. The first-order chi connectivity index (χ1) is 6.74. The summed E-state index contributed by atoms with van der Waals surface area (Å²) in [6, 6.07) is 0. The van der Waals surface area contributed by atoms with Gasteiger partial charge in [0.05, 0.1) is 0 Å². The number of hydrogen-bond acceptors (Lipinski definition) is 2. The molecule has 0 atom stereocenters. The number of hydrogen-bond donors (Lipinski definition) is 0. The average molecular weight is 196 g/mol. The van der Waals surface area contributed by atoms with E-state index in [0.29, 0.717) is 0 Å². The summed E-state index contributed by atoms with van der Waals surface area (Å²) in [6.07, 6.45) is 8.70. The SMILES string of the molecule is CCCC=C(C)C(=O)OC1CCCC1. The molecule has 0 N–H and O–H groups in total. The van der Waals surface area contributed by atoms with Gasteiger partial charge in [0.2, 0.25) is 0 Å². The second-order valence-electron chi connectivity index (χ2n) is 3.99. The summed E-state index contributed by atoms with van der Waals surface area (Å²) in [6.45, 7) is 3.94. The maximum atomic E-state index is 11.5. The van der Waals surface area contributed by atoms with E-state index in [1.807, 2.05) is 13.0 Å². The molecule has 0 radical (unpaired) electrons. The van der Waals surface area contributed by atoms with Crippen molar-refractivity contribution < 1.29 is 9.53 Å². The molecule has 0 amide bonds. The quantitative estimate of drug-likeness (QED) is 0.509. The van der Waals surface area contributed by atoms with E-state index in [2.05, 4.69) is 6.92 Å². The normalized spacial score (nSPS) is 18.6. The van der Waals surface area contributed by atoms with Gasteiger partial charge in [0.1, 0.15) is 6.10 Å². The van der Waals surface area contributed by atoms with Crippen LogP contribution in [0.4, 0.5) is 0 Å². The molecule has 2 nitrogen and oxygen atoms in total. The molecule has 80 valence electrons. The summed E-state index contributed by atoms with van der Waals surface area (Å²) in [4.78, 5) is 11.5. The zero-order valence-electron chi connectivity index (χ0n) is 9.21. The Morgan fingerprint density at radius 2 is 2.07 bits per heavy atom. The number of esters is 1. The third kappa shape index (κ3) is 3.52. The van der Waals surface area contributed by atoms with Crippen molar-refractivity contribution in [2.45, 2.75) is 58.5 Å². The third-order valence-electron chi connectivity index (χ3n) is 2.64. The smallest absolute Gasteiger partial charge is 0.333 e. The minimum Gasteiger partial charge on any atom is -0.459 e. The monoisotopic (exact) mass is 196 g/mol. The van der Waals surface area contributed by atoms with E-state index in [1.165, 1.54) is 12.8 Å². The van der Waals surface area contributed by atoms with Crippen LogP contribution in [0.3, 0.4) is 0 Å². The molecule has 0 saturated heterocycles. The van der Waals surface area contributed by atoms with Crippen LogP contribution in [-0.4, -0.2) is 12.1 Å². The maximum absolute atomic E-state index is 11.5. The van der Waals surface area contributed by atoms with Crippen LogP contribution in [0.5, 0.6) is 0 Å². The number of carbonyl (C=O) groups excluding carboxylic acids is 1. The summed E-state index contributed by atoms with van der Waals surface area (Å²) in [5, 5.41) is 0. The lowest BCUT2D eigenvalue weighted by atomic mass is 10.2. The van der Waals surface area contributed by atoms with Crippen LogP contribution in [0.1, 0.15) is 52.4 Å². The number of unbranched alkanes of at least 4 members (excludes halogenated alkanes) is 1. The van der Waals surface area contributed by atoms with Gasteiger partial charge in [-0.25, -0.2) is 4.79 Å². The lowest BCUT2D eigenvalue weighted by molar-refractivity contribution is -0.143. The largest absolute Gasteiger partial charge is 0.459 e. The van der Waals surface area contributed by atoms with Gasteiger partial charge in [0.15, 0.2) is 0 Å². The fourth-order valence-electron chi connectivity index (χ4n) is 1.69. The highest BCUT2D eigenvalue weighted by Gasteiger charge is 2.19. The highest BCUT2D eigenvalue weighted by Crippen LogP contribution is 2.21. The van der Waals surface area contributed by atoms with Crippen LogP contribution in [0.2, 0.25) is 0 Å². The van der Waals surface area contributed by atoms with Gasteiger partial charge in [0, 0.05) is 5.57 Å². The molecule has 0 bridgehead atoms. The van der Waals surface area contributed by atoms with Crippen LogP contribution in [0.15, 0.2) is 11.6 Å². The van der Waals surface area contributed by atoms with E-state index in [0.717, 1.165) is 31.3 Å². The zero-order chi connectivity index (χ0) is 10.4. The Morgan fingerprint density at radius 3 is 2.64 bits per heavy atom. The molecule has 1 aliphatic carbocycles. The predicted octanol–water partition coefficient (Wildman–Crippen LogP) is 3.22. The van der Waals surface area contributed by atoms with Gasteiger partial charge in [-0.3, -0.25) is 0 Å². The van der Waals surface area contributed by atoms with Crippen LogP contribution in [0, 0.1) is 0 Å². The van der Waals surface area contributed by atoms with Crippen molar-refractivity contribution in [1.82, 2.24) is 0 Å². The number of allylic oxidation sites excluding steroid dienone is 1. The van der Waals surface area contributed by atoms with E-state index in [1.54, 1.807) is 0 Å². The lowest BCUT2D eigenvalue weighted by Crippen LogP contribution is -2.15. The van der Waals surface area contributed by atoms with Gasteiger partial charge in [-0.15, -0.1) is 0 Å². The van der Waals surface area contributed by atoms with Crippen LogP contribution >= 0.6 is 0 Å². The van der Waals surface area contributed by atoms with E-state index < -0.39 is 0 Å². The molecule has 0 aromatic heterocycles. The van der Waals surface area contributed by atoms with Crippen molar-refractivity contribution in [3.8, 4) is 0 Å². The van der Waals surface area contributed by atoms with Crippen LogP contribution in [0.25, 0.3) is 0 Å². The Hall–Kier alpha value is -0.790. The van der Waals surface area contributed by atoms with E-state index in [-0.39, 0.29) is 12.1 Å². The van der Waals surface area contributed by atoms with Crippen molar-refractivity contribution in [3.63, 3.8) is 0 Å². The van der Waals surface area contributed by atoms with Gasteiger partial charge in [0.25, 0.3) is 0 Å². The molecule has 0 unspecified atom stereocenters. The summed E-state index contributed by atoms with van der Waals surface area (Å²) < 4.78 is 5.36. The van der Waals surface area contributed by atoms with Gasteiger partial charge < -0.3 is 4.74 Å². The van der Waals surface area contributed by atoms with Crippen molar-refractivity contribution in [1.29, 1.82) is 0 Å². The van der Waals surface area contributed by atoms with Gasteiger partial charge in [-0.2, -0.15) is 0 Å². The average Bonchev–Trinajstić information content (AvgIpc) is 2.66. The predicted molar refractivity (Wildman–Crippen MR) is 57.0 cm³/mol. The van der Waals surface area contributed by atoms with Crippen molar-refractivity contribution >= 4 is 5.97 Å². The van der Waals surface area contributed by atoms with E-state index in [9.17, 15) is 4.79 Å². The first-order valence-electron chi connectivity index (χ1n) is 5.61. The number of carbonyl (C=O) groups is 1. The molecular formula is C12H20O2. The molecule has 1 fully saturated rings. The summed E-state index contributed by atoms with van der Waals surface area (Å²) >= 11 is 0. The molecule has 0 aliphatic heterocycles. The minimum absolute atomic E-state index is 0.120. The first kappa shape index (κ1) is 11.3. The van der Waals surface area contributed by atoms with Gasteiger partial charge in [-0.1, -0.05) is 19.4 Å². The highest BCUT2D eigenvalue weighted by atomic mass is 16.5. The fraction of sp³-hybridized carbons (Fsp3) is 0.750.